The van der Waals surface area contributed by atoms with Gasteiger partial charge in [-0.15, -0.1) is 0 Å². The Balaban J connectivity index is 1.61. The van der Waals surface area contributed by atoms with Gasteiger partial charge in [0.15, 0.2) is 5.82 Å². The topological polar surface area (TPSA) is 103 Å². The molecule has 0 saturated carbocycles. The number of methoxy groups -OCH3 is 1. The summed E-state index contributed by atoms with van der Waals surface area (Å²) in [5.74, 6) is -0.732. The van der Waals surface area contributed by atoms with Crippen LogP contribution in [-0.4, -0.2) is 28.0 Å². The maximum Gasteiger partial charge on any atom is 0.274 e. The van der Waals surface area contributed by atoms with Crippen LogP contribution >= 0.6 is 0 Å². The van der Waals surface area contributed by atoms with Crippen LogP contribution in [0.4, 0.5) is 15.8 Å². The molecule has 0 fully saturated rings. The molecule has 0 spiro atoms. The van der Waals surface area contributed by atoms with Crippen LogP contribution in [0.3, 0.4) is 0 Å². The van der Waals surface area contributed by atoms with E-state index < -0.39 is 11.7 Å². The number of aryl methyl sites for hydroxylation is 1. The zero-order chi connectivity index (χ0) is 22.7. The van der Waals surface area contributed by atoms with Crippen molar-refractivity contribution in [2.45, 2.75) is 6.92 Å². The molecule has 0 radical (unpaired) electrons. The minimum atomic E-state index is -0.549. The van der Waals surface area contributed by atoms with Gasteiger partial charge in [0, 0.05) is 23.7 Å². The molecule has 0 aliphatic rings. The number of nitrogens with two attached hydrogens (primary N) is 1. The number of anilines is 2. The quantitative estimate of drug-likeness (QED) is 0.453. The molecule has 160 valence electrons. The Morgan fingerprint density at radius 1 is 1.06 bits per heavy atom. The van der Waals surface area contributed by atoms with Crippen LogP contribution in [0.5, 0.6) is 5.75 Å². The molecule has 0 aliphatic carbocycles. The van der Waals surface area contributed by atoms with Crippen molar-refractivity contribution in [2.75, 3.05) is 18.2 Å². The fraction of sp³-hybridized carbons (Fsp3) is 0.0833. The highest BCUT2D eigenvalue weighted by atomic mass is 19.1. The summed E-state index contributed by atoms with van der Waals surface area (Å²) in [6.07, 6.45) is 3.12. The Bertz CT molecular complexity index is 1310. The van der Waals surface area contributed by atoms with Gasteiger partial charge in [-0.3, -0.25) is 9.78 Å². The average molecular weight is 429 g/mol. The SMILES string of the molecule is COc1cccc(F)c1-c1nccc(C(=O)Nc2ccc(-c3cccnc3C)cc2N)n1. The van der Waals surface area contributed by atoms with Crippen molar-refractivity contribution in [2.24, 2.45) is 0 Å². The van der Waals surface area contributed by atoms with E-state index in [0.29, 0.717) is 11.4 Å². The lowest BCUT2D eigenvalue weighted by atomic mass is 10.0. The van der Waals surface area contributed by atoms with E-state index in [1.54, 1.807) is 24.4 Å². The van der Waals surface area contributed by atoms with E-state index in [9.17, 15) is 9.18 Å². The molecule has 7 nitrogen and oxygen atoms in total. The third-order valence-electron chi connectivity index (χ3n) is 4.92. The highest BCUT2D eigenvalue weighted by Gasteiger charge is 2.17. The number of halogens is 1. The number of aromatic nitrogens is 3. The van der Waals surface area contributed by atoms with E-state index in [2.05, 4.69) is 20.3 Å². The largest absolute Gasteiger partial charge is 0.496 e. The van der Waals surface area contributed by atoms with E-state index in [-0.39, 0.29) is 22.8 Å². The Morgan fingerprint density at radius 2 is 1.91 bits per heavy atom. The van der Waals surface area contributed by atoms with E-state index in [1.165, 1.54) is 31.5 Å². The maximum atomic E-state index is 14.4. The van der Waals surface area contributed by atoms with E-state index in [1.807, 2.05) is 25.1 Å². The van der Waals surface area contributed by atoms with Gasteiger partial charge in [-0.05, 0) is 48.9 Å². The molecule has 2 aromatic heterocycles. The predicted octanol–water partition coefficient (Wildman–Crippen LogP) is 4.50. The summed E-state index contributed by atoms with van der Waals surface area (Å²) < 4.78 is 19.6. The molecule has 2 heterocycles. The van der Waals surface area contributed by atoms with E-state index in [4.69, 9.17) is 10.5 Å². The number of nitrogen functional groups attached to an aromatic ring is 1. The minimum Gasteiger partial charge on any atom is -0.496 e. The molecule has 0 unspecified atom stereocenters. The number of benzene rings is 2. The van der Waals surface area contributed by atoms with Gasteiger partial charge in [0.2, 0.25) is 0 Å². The Hall–Kier alpha value is -4.33. The third-order valence-corrected chi connectivity index (χ3v) is 4.92. The molecule has 0 saturated heterocycles. The second-order valence-electron chi connectivity index (χ2n) is 6.98. The molecular formula is C24H20FN5O2. The zero-order valence-corrected chi connectivity index (χ0v) is 17.5. The first kappa shape index (κ1) is 20.9. The molecule has 3 N–H and O–H groups in total. The summed E-state index contributed by atoms with van der Waals surface area (Å²) in [4.78, 5) is 25.4. The summed E-state index contributed by atoms with van der Waals surface area (Å²) in [6.45, 7) is 1.92. The molecule has 2 aromatic carbocycles. The summed E-state index contributed by atoms with van der Waals surface area (Å²) >= 11 is 0. The number of nitrogens with zero attached hydrogens (tertiary/aromatic N) is 3. The third kappa shape index (κ3) is 4.11. The zero-order valence-electron chi connectivity index (χ0n) is 17.5. The fourth-order valence-electron chi connectivity index (χ4n) is 3.32. The van der Waals surface area contributed by atoms with Gasteiger partial charge in [-0.1, -0.05) is 18.2 Å². The van der Waals surface area contributed by atoms with Crippen molar-refractivity contribution in [1.29, 1.82) is 0 Å². The number of carbonyl (C=O) groups is 1. The molecule has 32 heavy (non-hydrogen) atoms. The van der Waals surface area contributed by atoms with Crippen LogP contribution in [0.25, 0.3) is 22.5 Å². The van der Waals surface area contributed by atoms with Gasteiger partial charge in [0.05, 0.1) is 24.0 Å². The summed E-state index contributed by atoms with van der Waals surface area (Å²) in [7, 11) is 1.42. The van der Waals surface area contributed by atoms with Crippen LogP contribution < -0.4 is 15.8 Å². The van der Waals surface area contributed by atoms with Crippen LogP contribution in [0.15, 0.2) is 67.0 Å². The van der Waals surface area contributed by atoms with Gasteiger partial charge < -0.3 is 15.8 Å². The van der Waals surface area contributed by atoms with Crippen molar-refractivity contribution in [3.05, 3.63) is 84.2 Å². The lowest BCUT2D eigenvalue weighted by Crippen LogP contribution is -2.15. The number of rotatable bonds is 5. The van der Waals surface area contributed by atoms with Crippen molar-refractivity contribution in [3.63, 3.8) is 0 Å². The van der Waals surface area contributed by atoms with Gasteiger partial charge in [-0.2, -0.15) is 0 Å². The van der Waals surface area contributed by atoms with Gasteiger partial charge in [-0.25, -0.2) is 14.4 Å². The molecule has 1 amide bonds. The molecular weight excluding hydrogens is 409 g/mol. The Morgan fingerprint density at radius 3 is 2.66 bits per heavy atom. The first-order valence-electron chi connectivity index (χ1n) is 9.76. The normalized spacial score (nSPS) is 10.6. The van der Waals surface area contributed by atoms with Crippen LogP contribution in [-0.2, 0) is 0 Å². The maximum absolute atomic E-state index is 14.4. The highest BCUT2D eigenvalue weighted by Crippen LogP contribution is 2.31. The summed E-state index contributed by atoms with van der Waals surface area (Å²) in [5, 5.41) is 2.75. The van der Waals surface area contributed by atoms with Gasteiger partial charge >= 0.3 is 0 Å². The number of pyridine rings is 1. The fourth-order valence-corrected chi connectivity index (χ4v) is 3.32. The predicted molar refractivity (Wildman–Crippen MR) is 121 cm³/mol. The van der Waals surface area contributed by atoms with Gasteiger partial charge in [0.25, 0.3) is 5.91 Å². The molecule has 4 aromatic rings. The van der Waals surface area contributed by atoms with Crippen molar-refractivity contribution in [1.82, 2.24) is 15.0 Å². The molecule has 0 bridgehead atoms. The second kappa shape index (κ2) is 8.81. The lowest BCUT2D eigenvalue weighted by Gasteiger charge is -2.12. The van der Waals surface area contributed by atoms with Crippen molar-refractivity contribution >= 4 is 17.3 Å². The highest BCUT2D eigenvalue weighted by molar-refractivity contribution is 6.05. The molecule has 8 heteroatoms. The van der Waals surface area contributed by atoms with Gasteiger partial charge in [0.1, 0.15) is 17.3 Å². The monoisotopic (exact) mass is 429 g/mol. The number of ether oxygens (including phenoxy) is 1. The first-order valence-corrected chi connectivity index (χ1v) is 9.76. The lowest BCUT2D eigenvalue weighted by molar-refractivity contribution is 0.102. The standard InChI is InChI=1S/C24H20FN5O2/c1-14-16(5-4-11-27-14)15-8-9-19(18(26)13-15)30-24(31)20-10-12-28-23(29-20)22-17(25)6-3-7-21(22)32-2/h3-13H,26H2,1-2H3,(H,30,31). The Kier molecular flexibility index (Phi) is 5.76. The summed E-state index contributed by atoms with van der Waals surface area (Å²) in [6, 6.07) is 15.0. The van der Waals surface area contributed by atoms with Crippen LogP contribution in [0, 0.1) is 12.7 Å². The smallest absolute Gasteiger partial charge is 0.274 e. The average Bonchev–Trinajstić information content (AvgIpc) is 2.80. The van der Waals surface area contributed by atoms with Crippen molar-refractivity contribution < 1.29 is 13.9 Å². The molecule has 0 atom stereocenters. The number of carbonyl (C=O) groups excluding carboxylic acids is 1. The molecule has 0 aliphatic heterocycles. The minimum absolute atomic E-state index is 0.0444. The molecule has 4 rings (SSSR count). The van der Waals surface area contributed by atoms with E-state index in [0.717, 1.165) is 16.8 Å². The van der Waals surface area contributed by atoms with Crippen LogP contribution in [0.2, 0.25) is 0 Å². The Labute approximate surface area is 184 Å². The second-order valence-corrected chi connectivity index (χ2v) is 6.98. The van der Waals surface area contributed by atoms with Crippen molar-refractivity contribution in [3.8, 4) is 28.3 Å². The summed E-state index contributed by atoms with van der Waals surface area (Å²) in [5.41, 5.74) is 9.87. The number of nitrogens with one attached hydrogen (secondary N) is 1. The van der Waals surface area contributed by atoms with Crippen LogP contribution in [0.1, 0.15) is 16.2 Å². The first-order chi connectivity index (χ1) is 15.5. The van der Waals surface area contributed by atoms with E-state index >= 15 is 0 Å². The number of amides is 1. The number of hydrogen-bond donors (Lipinski definition) is 2. The number of hydrogen-bond acceptors (Lipinski definition) is 6.